The number of halogens is 1. The fourth-order valence-electron chi connectivity index (χ4n) is 1.97. The lowest BCUT2D eigenvalue weighted by molar-refractivity contribution is -0.160. The molecule has 2 unspecified atom stereocenters. The topological polar surface area (TPSA) is 107 Å². The fourth-order valence-corrected chi connectivity index (χ4v) is 2.23. The molecule has 1 aromatic rings. The highest BCUT2D eigenvalue weighted by Gasteiger charge is 2.44. The highest BCUT2D eigenvalue weighted by Crippen LogP contribution is 2.18. The summed E-state index contributed by atoms with van der Waals surface area (Å²) < 4.78 is 4.74. The third-order valence-electron chi connectivity index (χ3n) is 3.39. The number of benzene rings is 1. The van der Waals surface area contributed by atoms with Gasteiger partial charge < -0.3 is 15.6 Å². The second kappa shape index (κ2) is 8.21. The van der Waals surface area contributed by atoms with E-state index in [2.05, 4.69) is 15.9 Å². The van der Waals surface area contributed by atoms with E-state index in [0.29, 0.717) is 17.5 Å². The van der Waals surface area contributed by atoms with Crippen molar-refractivity contribution in [2.24, 2.45) is 5.73 Å². The molecule has 126 valence electrons. The van der Waals surface area contributed by atoms with Crippen molar-refractivity contribution in [3.8, 4) is 0 Å². The number of ether oxygens (including phenoxy) is 1. The Morgan fingerprint density at radius 3 is 2.26 bits per heavy atom. The number of esters is 1. The number of hydrogen-bond donors (Lipinski definition) is 2. The molecule has 0 saturated carbocycles. The van der Waals surface area contributed by atoms with E-state index in [1.807, 2.05) is 6.92 Å². The summed E-state index contributed by atoms with van der Waals surface area (Å²) in [5.41, 5.74) is 4.61. The smallest absolute Gasteiger partial charge is 0.338 e. The van der Waals surface area contributed by atoms with Crippen LogP contribution in [0, 0.1) is 0 Å². The van der Waals surface area contributed by atoms with Crippen LogP contribution in [0.4, 0.5) is 0 Å². The molecule has 0 saturated heterocycles. The minimum absolute atomic E-state index is 0.0438. The highest BCUT2D eigenvalue weighted by atomic mass is 79.9. The average molecular weight is 386 g/mol. The van der Waals surface area contributed by atoms with Gasteiger partial charge in [-0.2, -0.15) is 0 Å². The third-order valence-corrected chi connectivity index (χ3v) is 4.45. The van der Waals surface area contributed by atoms with Crippen LogP contribution in [-0.2, 0) is 20.7 Å². The first-order valence-corrected chi connectivity index (χ1v) is 8.14. The van der Waals surface area contributed by atoms with Gasteiger partial charge >= 0.3 is 11.9 Å². The zero-order valence-electron chi connectivity index (χ0n) is 13.0. The molecule has 0 aromatic heterocycles. The van der Waals surface area contributed by atoms with E-state index in [4.69, 9.17) is 10.5 Å². The lowest BCUT2D eigenvalue weighted by Gasteiger charge is -2.22. The molecular weight excluding hydrogens is 366 g/mol. The highest BCUT2D eigenvalue weighted by molar-refractivity contribution is 9.10. The number of carbonyl (C=O) groups excluding carboxylic acids is 2. The first-order chi connectivity index (χ1) is 10.8. The Morgan fingerprint density at radius 1 is 1.26 bits per heavy atom. The Kier molecular flexibility index (Phi) is 6.90. The van der Waals surface area contributed by atoms with Crippen molar-refractivity contribution >= 4 is 33.7 Å². The van der Waals surface area contributed by atoms with Crippen LogP contribution in [-0.4, -0.2) is 39.8 Å². The maximum atomic E-state index is 12.0. The maximum Gasteiger partial charge on any atom is 0.338 e. The summed E-state index contributed by atoms with van der Waals surface area (Å²) >= 11 is 3.29. The molecule has 0 aliphatic rings. The van der Waals surface area contributed by atoms with Crippen molar-refractivity contribution in [3.05, 3.63) is 35.4 Å². The van der Waals surface area contributed by atoms with Gasteiger partial charge in [-0.15, -0.1) is 0 Å². The van der Waals surface area contributed by atoms with Gasteiger partial charge in [0.2, 0.25) is 5.54 Å². The zero-order valence-corrected chi connectivity index (χ0v) is 14.6. The summed E-state index contributed by atoms with van der Waals surface area (Å²) in [5, 5.41) is 9.25. The summed E-state index contributed by atoms with van der Waals surface area (Å²) in [5.74, 6) is -2.50. The van der Waals surface area contributed by atoms with Gasteiger partial charge in [-0.3, -0.25) is 4.79 Å². The van der Waals surface area contributed by atoms with E-state index < -0.39 is 17.5 Å². The molecule has 23 heavy (non-hydrogen) atoms. The van der Waals surface area contributed by atoms with Crippen LogP contribution in [0.1, 0.15) is 36.2 Å². The molecule has 1 rings (SSSR count). The van der Waals surface area contributed by atoms with E-state index >= 15 is 0 Å². The minimum atomic E-state index is -2.15. The number of carboxylic acids is 1. The van der Waals surface area contributed by atoms with E-state index in [9.17, 15) is 19.5 Å². The second-order valence-corrected chi connectivity index (χ2v) is 6.22. The number of alkyl halides is 1. The van der Waals surface area contributed by atoms with Crippen molar-refractivity contribution in [1.29, 1.82) is 0 Å². The van der Waals surface area contributed by atoms with Crippen LogP contribution < -0.4 is 5.73 Å². The molecule has 3 N–H and O–H groups in total. The first kappa shape index (κ1) is 19.3. The number of aliphatic carboxylic acids is 1. The Morgan fingerprint density at radius 2 is 1.83 bits per heavy atom. The van der Waals surface area contributed by atoms with Crippen LogP contribution in [0.5, 0.6) is 0 Å². The van der Waals surface area contributed by atoms with Crippen molar-refractivity contribution in [1.82, 2.24) is 0 Å². The quantitative estimate of drug-likeness (QED) is 0.306. The van der Waals surface area contributed by atoms with E-state index in [1.54, 1.807) is 31.2 Å². The number of carbonyl (C=O) groups is 3. The molecule has 0 fully saturated rings. The number of Topliss-reactive ketones (excluding diaryl/α,β-unsaturated/α-hetero) is 1. The van der Waals surface area contributed by atoms with Crippen LogP contribution in [0.15, 0.2) is 24.3 Å². The summed E-state index contributed by atoms with van der Waals surface area (Å²) in [6.45, 7) is 3.51. The summed E-state index contributed by atoms with van der Waals surface area (Å²) in [4.78, 5) is 35.0. The Hall–Kier alpha value is -1.73. The van der Waals surface area contributed by atoms with Gasteiger partial charge in [0.05, 0.1) is 11.4 Å². The molecule has 0 amide bonds. The van der Waals surface area contributed by atoms with Crippen molar-refractivity contribution in [2.45, 2.75) is 37.1 Å². The summed E-state index contributed by atoms with van der Waals surface area (Å²) in [7, 11) is 0. The molecular formula is C16H20BrNO5. The predicted octanol–water partition coefficient (Wildman–Crippen LogP) is 1.93. The van der Waals surface area contributed by atoms with Crippen LogP contribution >= 0.6 is 15.9 Å². The Bertz CT molecular complexity index is 587. The minimum Gasteiger partial charge on any atom is -0.479 e. The standard InChI is InChI=1S/C16H20BrNO5/c1-3-12(17)13(19)11-7-5-10(6-8-11)9-16(18,14(20)21)15(22)23-4-2/h5-8,12H,3-4,9,18H2,1-2H3,(H,20,21). The van der Waals surface area contributed by atoms with Gasteiger partial charge in [0, 0.05) is 12.0 Å². The monoisotopic (exact) mass is 385 g/mol. The van der Waals surface area contributed by atoms with E-state index in [0.717, 1.165) is 0 Å². The van der Waals surface area contributed by atoms with Crippen LogP contribution in [0.25, 0.3) is 0 Å². The molecule has 2 atom stereocenters. The van der Waals surface area contributed by atoms with Crippen molar-refractivity contribution in [2.75, 3.05) is 6.61 Å². The molecule has 6 nitrogen and oxygen atoms in total. The third kappa shape index (κ3) is 4.62. The molecule has 0 heterocycles. The number of carboxylic acid groups (broad SMARTS) is 1. The van der Waals surface area contributed by atoms with E-state index in [1.165, 1.54) is 0 Å². The van der Waals surface area contributed by atoms with Gasteiger partial charge in [0.15, 0.2) is 5.78 Å². The van der Waals surface area contributed by atoms with Gasteiger partial charge in [-0.25, -0.2) is 9.59 Å². The number of hydrogen-bond acceptors (Lipinski definition) is 5. The molecule has 0 spiro atoms. The molecule has 0 aliphatic heterocycles. The van der Waals surface area contributed by atoms with E-state index in [-0.39, 0.29) is 23.6 Å². The first-order valence-electron chi connectivity index (χ1n) is 7.23. The second-order valence-electron chi connectivity index (χ2n) is 5.11. The molecule has 0 bridgehead atoms. The van der Waals surface area contributed by atoms with Crippen LogP contribution in [0.2, 0.25) is 0 Å². The normalized spacial score (nSPS) is 14.6. The predicted molar refractivity (Wildman–Crippen MR) is 88.7 cm³/mol. The number of nitrogens with two attached hydrogens (primary N) is 1. The zero-order chi connectivity index (χ0) is 17.6. The Labute approximate surface area is 143 Å². The number of ketones is 1. The van der Waals surface area contributed by atoms with Crippen LogP contribution in [0.3, 0.4) is 0 Å². The number of rotatable bonds is 8. The SMILES string of the molecule is CCOC(=O)C(N)(Cc1ccc(C(=O)C(Br)CC)cc1)C(=O)O. The maximum absolute atomic E-state index is 12.0. The van der Waals surface area contributed by atoms with Gasteiger partial charge in [-0.1, -0.05) is 47.1 Å². The lowest BCUT2D eigenvalue weighted by Crippen LogP contribution is -2.57. The Balaban J connectivity index is 2.97. The molecule has 0 radical (unpaired) electrons. The fraction of sp³-hybridized carbons (Fsp3) is 0.438. The molecule has 1 aromatic carbocycles. The average Bonchev–Trinajstić information content (AvgIpc) is 2.54. The largest absolute Gasteiger partial charge is 0.479 e. The van der Waals surface area contributed by atoms with Crippen molar-refractivity contribution < 1.29 is 24.2 Å². The van der Waals surface area contributed by atoms with Gasteiger partial charge in [-0.05, 0) is 18.9 Å². The summed E-state index contributed by atoms with van der Waals surface area (Å²) in [6, 6.07) is 6.36. The molecule has 7 heteroatoms. The van der Waals surface area contributed by atoms with Gasteiger partial charge in [0.1, 0.15) is 0 Å². The van der Waals surface area contributed by atoms with Crippen molar-refractivity contribution in [3.63, 3.8) is 0 Å². The lowest BCUT2D eigenvalue weighted by atomic mass is 9.91. The van der Waals surface area contributed by atoms with Gasteiger partial charge in [0.25, 0.3) is 0 Å². The molecule has 0 aliphatic carbocycles. The summed E-state index contributed by atoms with van der Waals surface area (Å²) in [6.07, 6.45) is 0.440.